The molecular weight excluding hydrogens is 475 g/mol. The van der Waals surface area contributed by atoms with Crippen molar-refractivity contribution in [3.05, 3.63) is 88.6 Å². The Bertz CT molecular complexity index is 1080. The number of piperidine rings is 1. The Morgan fingerprint density at radius 1 is 0.875 bits per heavy atom. The summed E-state index contributed by atoms with van der Waals surface area (Å²) >= 11 is 3.39. The van der Waals surface area contributed by atoms with Gasteiger partial charge in [0.05, 0.1) is 0 Å². The Hall–Kier alpha value is -3.19. The minimum Gasteiger partial charge on any atom is -0.457 e. The first-order valence-corrected chi connectivity index (χ1v) is 11.2. The Kier molecular flexibility index (Phi) is 6.85. The van der Waals surface area contributed by atoms with Gasteiger partial charge in [-0.3, -0.25) is 9.59 Å². The molecule has 1 aliphatic heterocycles. The zero-order valence-corrected chi connectivity index (χ0v) is 18.8. The molecule has 0 unspecified atom stereocenters. The molecule has 5 nitrogen and oxygen atoms in total. The number of nitrogens with one attached hydrogen (secondary N) is 1. The van der Waals surface area contributed by atoms with E-state index in [9.17, 15) is 14.0 Å². The highest BCUT2D eigenvalue weighted by Gasteiger charge is 2.28. The first-order valence-electron chi connectivity index (χ1n) is 10.4. The summed E-state index contributed by atoms with van der Waals surface area (Å²) in [5.74, 6) is 0.686. The SMILES string of the molecule is O=C(Nc1ccc(Oc2ccc(Br)cc2)cc1)C1CCN(C(=O)c2ccc(F)cc2)CC1. The van der Waals surface area contributed by atoms with E-state index in [1.54, 1.807) is 17.0 Å². The molecule has 0 aromatic heterocycles. The molecule has 1 fully saturated rings. The molecule has 0 bridgehead atoms. The lowest BCUT2D eigenvalue weighted by Gasteiger charge is -2.31. The summed E-state index contributed by atoms with van der Waals surface area (Å²) in [6.45, 7) is 0.989. The average Bonchev–Trinajstić information content (AvgIpc) is 2.82. The maximum absolute atomic E-state index is 13.1. The van der Waals surface area contributed by atoms with Crippen LogP contribution in [0.5, 0.6) is 11.5 Å². The zero-order chi connectivity index (χ0) is 22.5. The van der Waals surface area contributed by atoms with Gasteiger partial charge in [0.25, 0.3) is 5.91 Å². The first kappa shape index (κ1) is 22.0. The van der Waals surface area contributed by atoms with Gasteiger partial charge in [0.15, 0.2) is 0 Å². The summed E-state index contributed by atoms with van der Waals surface area (Å²) in [5, 5.41) is 2.95. The van der Waals surface area contributed by atoms with Crippen LogP contribution in [0, 0.1) is 11.7 Å². The smallest absolute Gasteiger partial charge is 0.253 e. The average molecular weight is 497 g/mol. The standard InChI is InChI=1S/C25H22BrFN2O3/c26-19-3-9-22(10-4-19)32-23-11-7-21(8-12-23)28-24(30)17-13-15-29(16-14-17)25(31)18-1-5-20(27)6-2-18/h1-12,17H,13-16H2,(H,28,30). The molecule has 1 saturated heterocycles. The van der Waals surface area contributed by atoms with Crippen LogP contribution in [-0.4, -0.2) is 29.8 Å². The monoisotopic (exact) mass is 496 g/mol. The molecule has 2 amide bonds. The van der Waals surface area contributed by atoms with Gasteiger partial charge in [-0.15, -0.1) is 0 Å². The van der Waals surface area contributed by atoms with E-state index in [2.05, 4.69) is 21.2 Å². The van der Waals surface area contributed by atoms with Gasteiger partial charge < -0.3 is 15.0 Å². The van der Waals surface area contributed by atoms with Crippen LogP contribution in [0.25, 0.3) is 0 Å². The second kappa shape index (κ2) is 9.96. The Morgan fingerprint density at radius 3 is 2.03 bits per heavy atom. The molecule has 1 N–H and O–H groups in total. The van der Waals surface area contributed by atoms with Crippen LogP contribution in [-0.2, 0) is 4.79 Å². The third-order valence-electron chi connectivity index (χ3n) is 5.42. The van der Waals surface area contributed by atoms with Gasteiger partial charge in [-0.25, -0.2) is 4.39 Å². The van der Waals surface area contributed by atoms with Crippen molar-refractivity contribution in [2.45, 2.75) is 12.8 Å². The Balaban J connectivity index is 1.27. The number of carbonyl (C=O) groups excluding carboxylic acids is 2. The number of likely N-dealkylation sites (tertiary alicyclic amines) is 1. The van der Waals surface area contributed by atoms with Crippen molar-refractivity contribution in [1.82, 2.24) is 4.90 Å². The summed E-state index contributed by atoms with van der Waals surface area (Å²) in [4.78, 5) is 26.9. The minimum absolute atomic E-state index is 0.0551. The highest BCUT2D eigenvalue weighted by molar-refractivity contribution is 9.10. The van der Waals surface area contributed by atoms with Crippen LogP contribution in [0.2, 0.25) is 0 Å². The van der Waals surface area contributed by atoms with Crippen molar-refractivity contribution in [1.29, 1.82) is 0 Å². The number of hydrogen-bond acceptors (Lipinski definition) is 3. The number of anilines is 1. The van der Waals surface area contributed by atoms with Gasteiger partial charge in [-0.1, -0.05) is 15.9 Å². The summed E-state index contributed by atoms with van der Waals surface area (Å²) in [5.41, 5.74) is 1.16. The Morgan fingerprint density at radius 2 is 1.44 bits per heavy atom. The number of carbonyl (C=O) groups is 2. The van der Waals surface area contributed by atoms with E-state index in [1.807, 2.05) is 36.4 Å². The molecule has 1 heterocycles. The molecule has 0 aliphatic carbocycles. The fourth-order valence-electron chi connectivity index (χ4n) is 3.61. The van der Waals surface area contributed by atoms with Crippen molar-refractivity contribution in [2.24, 2.45) is 5.92 Å². The van der Waals surface area contributed by atoms with Crippen LogP contribution in [0.4, 0.5) is 10.1 Å². The highest BCUT2D eigenvalue weighted by Crippen LogP contribution is 2.26. The maximum atomic E-state index is 13.1. The van der Waals surface area contributed by atoms with Gasteiger partial charge in [0.2, 0.25) is 5.91 Å². The normalized spacial score (nSPS) is 14.1. The van der Waals surface area contributed by atoms with Gasteiger partial charge >= 0.3 is 0 Å². The van der Waals surface area contributed by atoms with Crippen molar-refractivity contribution >= 4 is 33.4 Å². The molecule has 4 rings (SSSR count). The summed E-state index contributed by atoms with van der Waals surface area (Å²) in [6, 6.07) is 20.3. The fraction of sp³-hybridized carbons (Fsp3) is 0.200. The van der Waals surface area contributed by atoms with E-state index in [1.165, 1.54) is 24.3 Å². The van der Waals surface area contributed by atoms with Crippen LogP contribution in [0.1, 0.15) is 23.2 Å². The van der Waals surface area contributed by atoms with E-state index >= 15 is 0 Å². The molecule has 164 valence electrons. The van der Waals surface area contributed by atoms with Crippen LogP contribution >= 0.6 is 15.9 Å². The summed E-state index contributed by atoms with van der Waals surface area (Å²) in [7, 11) is 0. The van der Waals surface area contributed by atoms with Crippen molar-refractivity contribution in [3.8, 4) is 11.5 Å². The molecule has 3 aromatic carbocycles. The second-order valence-electron chi connectivity index (χ2n) is 7.64. The molecule has 0 radical (unpaired) electrons. The molecule has 0 saturated carbocycles. The number of hydrogen-bond donors (Lipinski definition) is 1. The number of rotatable bonds is 5. The largest absolute Gasteiger partial charge is 0.457 e. The quantitative estimate of drug-likeness (QED) is 0.480. The van der Waals surface area contributed by atoms with Crippen LogP contribution in [0.3, 0.4) is 0 Å². The third-order valence-corrected chi connectivity index (χ3v) is 5.94. The molecule has 3 aromatic rings. The Labute approximate surface area is 194 Å². The third kappa shape index (κ3) is 5.53. The van der Waals surface area contributed by atoms with E-state index in [4.69, 9.17) is 4.74 Å². The number of benzene rings is 3. The summed E-state index contributed by atoms with van der Waals surface area (Å²) in [6.07, 6.45) is 1.17. The molecule has 0 atom stereocenters. The number of ether oxygens (including phenoxy) is 1. The van der Waals surface area contributed by atoms with Gasteiger partial charge in [0.1, 0.15) is 17.3 Å². The second-order valence-corrected chi connectivity index (χ2v) is 8.56. The highest BCUT2D eigenvalue weighted by atomic mass is 79.9. The molecule has 1 aliphatic rings. The molecule has 32 heavy (non-hydrogen) atoms. The van der Waals surface area contributed by atoms with Crippen LogP contribution < -0.4 is 10.1 Å². The predicted octanol–water partition coefficient (Wildman–Crippen LogP) is 5.87. The van der Waals surface area contributed by atoms with E-state index < -0.39 is 0 Å². The summed E-state index contributed by atoms with van der Waals surface area (Å²) < 4.78 is 19.8. The lowest BCUT2D eigenvalue weighted by molar-refractivity contribution is -0.121. The van der Waals surface area contributed by atoms with Gasteiger partial charge in [-0.2, -0.15) is 0 Å². The fourth-order valence-corrected chi connectivity index (χ4v) is 3.87. The molecule has 0 spiro atoms. The van der Waals surface area contributed by atoms with E-state index in [0.29, 0.717) is 42.9 Å². The number of nitrogens with zero attached hydrogens (tertiary/aromatic N) is 1. The van der Waals surface area contributed by atoms with Crippen molar-refractivity contribution in [3.63, 3.8) is 0 Å². The van der Waals surface area contributed by atoms with Crippen molar-refractivity contribution in [2.75, 3.05) is 18.4 Å². The predicted molar refractivity (Wildman–Crippen MR) is 124 cm³/mol. The van der Waals surface area contributed by atoms with Gasteiger partial charge in [0, 0.05) is 34.7 Å². The first-order chi connectivity index (χ1) is 15.5. The topological polar surface area (TPSA) is 58.6 Å². The zero-order valence-electron chi connectivity index (χ0n) is 17.3. The molecule has 7 heteroatoms. The molecular formula is C25H22BrFN2O3. The lowest BCUT2D eigenvalue weighted by Crippen LogP contribution is -2.41. The lowest BCUT2D eigenvalue weighted by atomic mass is 9.95. The van der Waals surface area contributed by atoms with E-state index in [0.717, 1.165) is 10.2 Å². The van der Waals surface area contributed by atoms with Gasteiger partial charge in [-0.05, 0) is 85.6 Å². The van der Waals surface area contributed by atoms with E-state index in [-0.39, 0.29) is 23.5 Å². The number of halogens is 2. The number of amides is 2. The minimum atomic E-state index is -0.371. The van der Waals surface area contributed by atoms with Crippen LogP contribution in [0.15, 0.2) is 77.3 Å². The van der Waals surface area contributed by atoms with Crippen molar-refractivity contribution < 1.29 is 18.7 Å². The maximum Gasteiger partial charge on any atom is 0.253 e.